The average Bonchev–Trinajstić information content (AvgIpc) is 3.51. The Bertz CT molecular complexity index is 2000. The molecule has 0 aromatic heterocycles. The third-order valence-corrected chi connectivity index (χ3v) is 14.8. The zero-order valence-electron chi connectivity index (χ0n) is 33.6. The van der Waals surface area contributed by atoms with Gasteiger partial charge < -0.3 is 9.84 Å². The SMILES string of the molecule is CC(C)[C@@H](C)/C=C/[C@@H](C)[C@H]1CC[C@H]2C3=CC=C4C[C@@H](O)CC[C@]4(C)[C@H]3CC[C@]12C.CCOC(=O)CCCc1ccc2ccc3cccc4ccc1c2c34. The quantitative estimate of drug-likeness (QED) is 0.107. The van der Waals surface area contributed by atoms with Crippen molar-refractivity contribution in [3.63, 3.8) is 0 Å². The van der Waals surface area contributed by atoms with Crippen molar-refractivity contribution in [1.29, 1.82) is 0 Å². The van der Waals surface area contributed by atoms with Gasteiger partial charge in [0.15, 0.2) is 0 Å². The van der Waals surface area contributed by atoms with Gasteiger partial charge in [-0.2, -0.15) is 0 Å². The standard InChI is InChI=1S/C28H44O.C22H20O2/c1-18(2)19(3)7-8-20(4)24-11-12-25-23-10-9-21-17-22(29)13-15-27(21,5)26(23)14-16-28(24,25)6;1-2-24-20(23)8-4-5-15-9-10-18-12-11-16-6-3-7-17-13-14-19(15)22(18)21(16)17/h7-10,18-20,22,24-26,29H,11-17H2,1-6H3;3,6-7,9-14H,2,4-5,8H2,1H3/b8-7+;/t19-,20+,22-,24+,25-,26-,27-,28+;/m0./s1. The predicted octanol–water partition coefficient (Wildman–Crippen LogP) is 12.8. The first-order chi connectivity index (χ1) is 25.4. The number of hydrogen-bond donors (Lipinski definition) is 1. The summed E-state index contributed by atoms with van der Waals surface area (Å²) in [4.78, 5) is 11.5. The van der Waals surface area contributed by atoms with Gasteiger partial charge in [-0.15, -0.1) is 0 Å². The number of benzene rings is 4. The number of aryl methyl sites for hydroxylation is 1. The fourth-order valence-electron chi connectivity index (χ4n) is 11.3. The van der Waals surface area contributed by atoms with Gasteiger partial charge in [-0.25, -0.2) is 0 Å². The van der Waals surface area contributed by atoms with Crippen LogP contribution in [0, 0.1) is 46.3 Å². The van der Waals surface area contributed by atoms with Crippen molar-refractivity contribution in [2.45, 2.75) is 119 Å². The lowest BCUT2D eigenvalue weighted by molar-refractivity contribution is -0.143. The van der Waals surface area contributed by atoms with Crippen LogP contribution in [0.4, 0.5) is 0 Å². The normalized spacial score (nSPS) is 29.3. The summed E-state index contributed by atoms with van der Waals surface area (Å²) in [5.74, 6) is 4.28. The van der Waals surface area contributed by atoms with Crippen LogP contribution in [0.3, 0.4) is 0 Å². The molecule has 0 saturated heterocycles. The molecule has 0 bridgehead atoms. The van der Waals surface area contributed by atoms with Crippen LogP contribution in [0.2, 0.25) is 0 Å². The fraction of sp³-hybridized carbons (Fsp3) is 0.540. The van der Waals surface area contributed by atoms with Crippen LogP contribution in [0.25, 0.3) is 32.3 Å². The highest BCUT2D eigenvalue weighted by Crippen LogP contribution is 2.66. The van der Waals surface area contributed by atoms with Crippen molar-refractivity contribution in [3.05, 3.63) is 95.6 Å². The molecule has 0 radical (unpaired) electrons. The van der Waals surface area contributed by atoms with Crippen LogP contribution in [0.5, 0.6) is 0 Å². The summed E-state index contributed by atoms with van der Waals surface area (Å²) in [7, 11) is 0. The van der Waals surface area contributed by atoms with E-state index in [1.165, 1.54) is 75.6 Å². The van der Waals surface area contributed by atoms with E-state index in [2.05, 4.69) is 120 Å². The lowest BCUT2D eigenvalue weighted by atomic mass is 9.50. The molecule has 0 unspecified atom stereocenters. The lowest BCUT2D eigenvalue weighted by Crippen LogP contribution is -2.46. The summed E-state index contributed by atoms with van der Waals surface area (Å²) in [5, 5.41) is 18.1. The molecular formula is C50H64O3. The molecule has 8 atom stereocenters. The Balaban J connectivity index is 0.000000167. The van der Waals surface area contributed by atoms with E-state index in [0.29, 0.717) is 35.7 Å². The van der Waals surface area contributed by atoms with Gasteiger partial charge in [0.05, 0.1) is 12.7 Å². The van der Waals surface area contributed by atoms with Crippen LogP contribution in [-0.4, -0.2) is 23.8 Å². The Morgan fingerprint density at radius 3 is 2.30 bits per heavy atom. The van der Waals surface area contributed by atoms with E-state index in [-0.39, 0.29) is 12.1 Å². The number of aliphatic hydroxyl groups is 1. The minimum absolute atomic E-state index is 0.102. The maximum Gasteiger partial charge on any atom is 0.305 e. The zero-order valence-corrected chi connectivity index (χ0v) is 33.6. The second-order valence-electron chi connectivity index (χ2n) is 18.1. The number of esters is 1. The summed E-state index contributed by atoms with van der Waals surface area (Å²) in [6.45, 7) is 16.9. The third-order valence-electron chi connectivity index (χ3n) is 14.8. The third kappa shape index (κ3) is 7.13. The monoisotopic (exact) mass is 712 g/mol. The molecule has 0 spiro atoms. The Labute approximate surface area is 319 Å². The minimum Gasteiger partial charge on any atom is -0.466 e. The average molecular weight is 713 g/mol. The zero-order chi connectivity index (χ0) is 37.5. The van der Waals surface area contributed by atoms with Crippen LogP contribution in [0.15, 0.2) is 90.0 Å². The smallest absolute Gasteiger partial charge is 0.305 e. The van der Waals surface area contributed by atoms with Crippen molar-refractivity contribution in [2.24, 2.45) is 46.3 Å². The van der Waals surface area contributed by atoms with Crippen LogP contribution >= 0.6 is 0 Å². The van der Waals surface area contributed by atoms with E-state index in [9.17, 15) is 9.90 Å². The number of aliphatic hydroxyl groups excluding tert-OH is 1. The molecule has 3 heteroatoms. The summed E-state index contributed by atoms with van der Waals surface area (Å²) < 4.78 is 5.02. The molecule has 4 aliphatic rings. The van der Waals surface area contributed by atoms with Gasteiger partial charge in [0.1, 0.15) is 0 Å². The second kappa shape index (κ2) is 15.4. The molecular weight excluding hydrogens is 649 g/mol. The van der Waals surface area contributed by atoms with Crippen LogP contribution in [-0.2, 0) is 16.0 Å². The van der Waals surface area contributed by atoms with Crippen LogP contribution < -0.4 is 0 Å². The van der Waals surface area contributed by atoms with Gasteiger partial charge in [0.25, 0.3) is 0 Å². The summed E-state index contributed by atoms with van der Waals surface area (Å²) >= 11 is 0. The molecule has 4 aromatic carbocycles. The van der Waals surface area contributed by atoms with E-state index in [1.54, 1.807) is 5.57 Å². The molecule has 0 amide bonds. The summed E-state index contributed by atoms with van der Waals surface area (Å²) in [6, 6.07) is 19.7. The van der Waals surface area contributed by atoms with E-state index in [1.807, 2.05) is 6.92 Å². The molecule has 1 N–H and O–H groups in total. The first-order valence-electron chi connectivity index (χ1n) is 21.0. The molecule has 0 heterocycles. The maximum absolute atomic E-state index is 11.5. The molecule has 3 fully saturated rings. The van der Waals surface area contributed by atoms with Gasteiger partial charge in [0.2, 0.25) is 0 Å². The van der Waals surface area contributed by atoms with Gasteiger partial charge >= 0.3 is 5.97 Å². The first kappa shape index (κ1) is 37.9. The molecule has 4 aromatic rings. The van der Waals surface area contributed by atoms with Gasteiger partial charge in [-0.05, 0) is 149 Å². The van der Waals surface area contributed by atoms with Crippen molar-refractivity contribution >= 4 is 38.3 Å². The van der Waals surface area contributed by atoms with E-state index < -0.39 is 0 Å². The summed E-state index contributed by atoms with van der Waals surface area (Å²) in [5.41, 5.74) is 5.38. The maximum atomic E-state index is 11.5. The van der Waals surface area contributed by atoms with Gasteiger partial charge in [0, 0.05) is 6.42 Å². The highest BCUT2D eigenvalue weighted by molar-refractivity contribution is 6.23. The lowest BCUT2D eigenvalue weighted by Gasteiger charge is -2.55. The molecule has 0 aliphatic heterocycles. The second-order valence-corrected chi connectivity index (χ2v) is 18.1. The Morgan fingerprint density at radius 2 is 1.57 bits per heavy atom. The number of carbonyl (C=O) groups is 1. The number of allylic oxidation sites excluding steroid dienone is 5. The topological polar surface area (TPSA) is 46.5 Å². The predicted molar refractivity (Wildman–Crippen MR) is 223 cm³/mol. The van der Waals surface area contributed by atoms with E-state index in [4.69, 9.17) is 4.74 Å². The Kier molecular flexibility index (Phi) is 11.0. The van der Waals surface area contributed by atoms with E-state index in [0.717, 1.165) is 49.4 Å². The number of hydrogen-bond acceptors (Lipinski definition) is 3. The molecule has 4 aliphatic carbocycles. The van der Waals surface area contributed by atoms with E-state index >= 15 is 0 Å². The number of fused-ring (bicyclic) bond motifs is 5. The Hall–Kier alpha value is -3.43. The highest BCUT2D eigenvalue weighted by atomic mass is 16.5. The minimum atomic E-state index is -0.116. The molecule has 3 saturated carbocycles. The van der Waals surface area contributed by atoms with Crippen molar-refractivity contribution in [1.82, 2.24) is 0 Å². The number of ether oxygens (including phenoxy) is 1. The first-order valence-corrected chi connectivity index (χ1v) is 21.0. The van der Waals surface area contributed by atoms with Crippen LogP contribution in [0.1, 0.15) is 112 Å². The highest BCUT2D eigenvalue weighted by Gasteiger charge is 2.56. The molecule has 8 rings (SSSR count). The largest absolute Gasteiger partial charge is 0.466 e. The van der Waals surface area contributed by atoms with Gasteiger partial charge in [-0.3, -0.25) is 4.79 Å². The summed E-state index contributed by atoms with van der Waals surface area (Å²) in [6.07, 6.45) is 20.6. The number of carbonyl (C=O) groups excluding carboxylic acids is 1. The molecule has 53 heavy (non-hydrogen) atoms. The van der Waals surface area contributed by atoms with Crippen molar-refractivity contribution < 1.29 is 14.6 Å². The Morgan fingerprint density at radius 1 is 0.849 bits per heavy atom. The van der Waals surface area contributed by atoms with Crippen molar-refractivity contribution in [3.8, 4) is 0 Å². The van der Waals surface area contributed by atoms with Crippen molar-refractivity contribution in [2.75, 3.05) is 6.61 Å². The number of rotatable bonds is 9. The molecule has 3 nitrogen and oxygen atoms in total. The molecule has 282 valence electrons. The van der Waals surface area contributed by atoms with Gasteiger partial charge in [-0.1, -0.05) is 132 Å². The fourth-order valence-corrected chi connectivity index (χ4v) is 11.3.